The number of amides is 2. The van der Waals surface area contributed by atoms with Gasteiger partial charge in [0.15, 0.2) is 0 Å². The highest BCUT2D eigenvalue weighted by Gasteiger charge is 2.35. The average molecular weight is 683 g/mol. The van der Waals surface area contributed by atoms with Gasteiger partial charge in [0, 0.05) is 24.0 Å². The fraction of sp³-hybridized carbons (Fsp3) is 0.257. The normalized spacial score (nSPS) is 14.1. The molecule has 4 aromatic rings. The van der Waals surface area contributed by atoms with E-state index in [2.05, 4.69) is 5.32 Å². The van der Waals surface area contributed by atoms with E-state index in [-0.39, 0.29) is 40.5 Å². The number of nitrogens with one attached hydrogen (secondary N) is 1. The summed E-state index contributed by atoms with van der Waals surface area (Å²) in [5, 5.41) is 3.35. The third-order valence-electron chi connectivity index (χ3n) is 8.04. The maximum atomic E-state index is 14.5. The SMILES string of the molecule is O=C(NC1CCCC1)C(Cc1ccccc1)N(Cc1ccc(Cl)cc1)C(=O)CN(c1ccc(F)c(Cl)c1)S(=O)(=O)c1ccccc1. The van der Waals surface area contributed by atoms with Crippen LogP contribution < -0.4 is 9.62 Å². The summed E-state index contributed by atoms with van der Waals surface area (Å²) >= 11 is 12.2. The lowest BCUT2D eigenvalue weighted by atomic mass is 10.0. The summed E-state index contributed by atoms with van der Waals surface area (Å²) in [4.78, 5) is 29.9. The quantitative estimate of drug-likeness (QED) is 0.174. The first kappa shape index (κ1) is 33.4. The molecule has 0 spiro atoms. The molecule has 1 N–H and O–H groups in total. The summed E-state index contributed by atoms with van der Waals surface area (Å²) in [6.45, 7) is -0.663. The molecule has 1 unspecified atom stereocenters. The van der Waals surface area contributed by atoms with Gasteiger partial charge in [0.2, 0.25) is 11.8 Å². The first-order valence-electron chi connectivity index (χ1n) is 15.0. The fourth-order valence-electron chi connectivity index (χ4n) is 5.60. The van der Waals surface area contributed by atoms with E-state index in [1.165, 1.54) is 29.2 Å². The van der Waals surface area contributed by atoms with Crippen molar-refractivity contribution >= 4 is 50.7 Å². The molecule has 11 heteroatoms. The van der Waals surface area contributed by atoms with Crippen LogP contribution in [0.5, 0.6) is 0 Å². The van der Waals surface area contributed by atoms with E-state index in [0.29, 0.717) is 10.6 Å². The summed E-state index contributed by atoms with van der Waals surface area (Å²) in [5.41, 5.74) is 1.54. The van der Waals surface area contributed by atoms with Crippen molar-refractivity contribution in [2.24, 2.45) is 0 Å². The number of sulfonamides is 1. The van der Waals surface area contributed by atoms with E-state index in [9.17, 15) is 22.4 Å². The zero-order valence-corrected chi connectivity index (χ0v) is 27.3. The van der Waals surface area contributed by atoms with Gasteiger partial charge in [0.05, 0.1) is 15.6 Å². The first-order valence-corrected chi connectivity index (χ1v) is 17.2. The van der Waals surface area contributed by atoms with E-state index < -0.39 is 34.3 Å². The molecule has 2 amide bonds. The molecule has 46 heavy (non-hydrogen) atoms. The molecule has 1 aliphatic carbocycles. The topological polar surface area (TPSA) is 86.8 Å². The third kappa shape index (κ3) is 8.26. The van der Waals surface area contributed by atoms with E-state index in [1.807, 2.05) is 30.3 Å². The molecule has 0 aliphatic heterocycles. The van der Waals surface area contributed by atoms with Crippen LogP contribution in [0.3, 0.4) is 0 Å². The second kappa shape index (κ2) is 15.1. The number of benzene rings is 4. The van der Waals surface area contributed by atoms with E-state index in [0.717, 1.165) is 41.6 Å². The summed E-state index contributed by atoms with van der Waals surface area (Å²) in [7, 11) is -4.33. The maximum Gasteiger partial charge on any atom is 0.264 e. The second-order valence-electron chi connectivity index (χ2n) is 11.3. The Morgan fingerprint density at radius 3 is 2.11 bits per heavy atom. The average Bonchev–Trinajstić information content (AvgIpc) is 3.57. The minimum absolute atomic E-state index is 0.00469. The summed E-state index contributed by atoms with van der Waals surface area (Å²) in [6, 6.07) is 26.4. The number of carbonyl (C=O) groups excluding carboxylic acids is 2. The van der Waals surface area contributed by atoms with E-state index in [4.69, 9.17) is 23.2 Å². The molecule has 0 radical (unpaired) electrons. The Morgan fingerprint density at radius 2 is 1.48 bits per heavy atom. The Hall–Kier alpha value is -3.92. The van der Waals surface area contributed by atoms with Crippen molar-refractivity contribution in [3.8, 4) is 0 Å². The number of rotatable bonds is 12. The van der Waals surface area contributed by atoms with Crippen LogP contribution in [0.2, 0.25) is 10.0 Å². The van der Waals surface area contributed by atoms with Crippen LogP contribution in [-0.2, 0) is 32.6 Å². The Labute approximate surface area is 279 Å². The lowest BCUT2D eigenvalue weighted by molar-refractivity contribution is -0.140. The van der Waals surface area contributed by atoms with Gasteiger partial charge in [-0.2, -0.15) is 0 Å². The van der Waals surface area contributed by atoms with Crippen LogP contribution >= 0.6 is 23.2 Å². The molecule has 1 aliphatic rings. The summed E-state index contributed by atoms with van der Waals surface area (Å²) in [5.74, 6) is -1.68. The molecule has 1 saturated carbocycles. The zero-order chi connectivity index (χ0) is 32.7. The van der Waals surface area contributed by atoms with Gasteiger partial charge >= 0.3 is 0 Å². The van der Waals surface area contributed by atoms with Crippen molar-refractivity contribution in [3.05, 3.63) is 130 Å². The van der Waals surface area contributed by atoms with Gasteiger partial charge in [-0.15, -0.1) is 0 Å². The van der Waals surface area contributed by atoms with Crippen LogP contribution in [0.1, 0.15) is 36.8 Å². The largest absolute Gasteiger partial charge is 0.352 e. The van der Waals surface area contributed by atoms with Gasteiger partial charge in [-0.25, -0.2) is 12.8 Å². The van der Waals surface area contributed by atoms with Crippen molar-refractivity contribution in [1.82, 2.24) is 10.2 Å². The highest BCUT2D eigenvalue weighted by atomic mass is 35.5. The van der Waals surface area contributed by atoms with Crippen LogP contribution in [-0.4, -0.2) is 43.8 Å². The Balaban J connectivity index is 1.57. The molecule has 1 fully saturated rings. The summed E-state index contributed by atoms with van der Waals surface area (Å²) in [6.07, 6.45) is 3.92. The molecule has 240 valence electrons. The van der Waals surface area contributed by atoms with Crippen LogP contribution in [0.4, 0.5) is 10.1 Å². The predicted octanol–water partition coefficient (Wildman–Crippen LogP) is 7.03. The van der Waals surface area contributed by atoms with E-state index in [1.54, 1.807) is 42.5 Å². The minimum atomic E-state index is -4.33. The number of halogens is 3. The highest BCUT2D eigenvalue weighted by Crippen LogP contribution is 2.29. The van der Waals surface area contributed by atoms with Gasteiger partial charge in [-0.05, 0) is 66.4 Å². The Morgan fingerprint density at radius 1 is 0.848 bits per heavy atom. The summed E-state index contributed by atoms with van der Waals surface area (Å²) < 4.78 is 43.1. The molecule has 0 bridgehead atoms. The lowest BCUT2D eigenvalue weighted by Crippen LogP contribution is -2.54. The Kier molecular flexibility index (Phi) is 11.0. The molecule has 4 aromatic carbocycles. The number of carbonyl (C=O) groups is 2. The number of hydrogen-bond acceptors (Lipinski definition) is 4. The molecular formula is C35H34Cl2FN3O4S. The standard InChI is InChI=1S/C35H34Cl2FN3O4S/c36-27-17-15-26(16-18-27)23-40(33(21-25-9-3-1-4-10-25)35(43)39-28-11-7-8-12-28)34(42)24-41(29-19-20-32(38)31(37)22-29)46(44,45)30-13-5-2-6-14-30/h1-6,9-10,13-20,22,28,33H,7-8,11-12,21,23-24H2,(H,39,43). The molecule has 0 aromatic heterocycles. The maximum absolute atomic E-state index is 14.5. The van der Waals surface area contributed by atoms with Crippen molar-refractivity contribution in [2.75, 3.05) is 10.8 Å². The zero-order valence-electron chi connectivity index (χ0n) is 25.0. The molecule has 0 saturated heterocycles. The number of anilines is 1. The molecule has 5 rings (SSSR count). The molecule has 1 atom stereocenters. The highest BCUT2D eigenvalue weighted by molar-refractivity contribution is 7.92. The van der Waals surface area contributed by atoms with Gasteiger partial charge in [0.25, 0.3) is 10.0 Å². The lowest BCUT2D eigenvalue weighted by Gasteiger charge is -2.34. The van der Waals surface area contributed by atoms with Gasteiger partial charge < -0.3 is 10.2 Å². The van der Waals surface area contributed by atoms with Gasteiger partial charge in [0.1, 0.15) is 18.4 Å². The number of nitrogens with zero attached hydrogens (tertiary/aromatic N) is 2. The number of hydrogen-bond donors (Lipinski definition) is 1. The monoisotopic (exact) mass is 681 g/mol. The minimum Gasteiger partial charge on any atom is -0.352 e. The van der Waals surface area contributed by atoms with Crippen molar-refractivity contribution in [3.63, 3.8) is 0 Å². The van der Waals surface area contributed by atoms with Gasteiger partial charge in [-0.3, -0.25) is 13.9 Å². The molecule has 0 heterocycles. The predicted molar refractivity (Wildman–Crippen MR) is 179 cm³/mol. The molecular weight excluding hydrogens is 648 g/mol. The second-order valence-corrected chi connectivity index (χ2v) is 14.0. The van der Waals surface area contributed by atoms with Crippen molar-refractivity contribution in [1.29, 1.82) is 0 Å². The van der Waals surface area contributed by atoms with Crippen LogP contribution in [0.25, 0.3) is 0 Å². The van der Waals surface area contributed by atoms with Crippen molar-refractivity contribution in [2.45, 2.75) is 55.6 Å². The van der Waals surface area contributed by atoms with Crippen LogP contribution in [0.15, 0.2) is 108 Å². The Bertz CT molecular complexity index is 1750. The molecule has 7 nitrogen and oxygen atoms in total. The van der Waals surface area contributed by atoms with Crippen LogP contribution in [0, 0.1) is 5.82 Å². The van der Waals surface area contributed by atoms with E-state index >= 15 is 0 Å². The smallest absolute Gasteiger partial charge is 0.264 e. The van der Waals surface area contributed by atoms with Gasteiger partial charge in [-0.1, -0.05) is 96.7 Å². The fourth-order valence-corrected chi connectivity index (χ4v) is 7.32. The van der Waals surface area contributed by atoms with Crippen molar-refractivity contribution < 1.29 is 22.4 Å². The third-order valence-corrected chi connectivity index (χ3v) is 10.4. The first-order chi connectivity index (χ1) is 22.1.